The lowest BCUT2D eigenvalue weighted by molar-refractivity contribution is -0.120. The van der Waals surface area contributed by atoms with Gasteiger partial charge in [-0.1, -0.05) is 54.1 Å². The number of aromatic nitrogens is 2. The molecule has 0 bridgehead atoms. The van der Waals surface area contributed by atoms with Crippen LogP contribution in [0.5, 0.6) is 0 Å². The maximum Gasteiger partial charge on any atom is 0.221 e. The molecule has 0 spiro atoms. The number of amides is 1. The highest BCUT2D eigenvalue weighted by Crippen LogP contribution is 2.31. The second-order valence-corrected chi connectivity index (χ2v) is 9.78. The summed E-state index contributed by atoms with van der Waals surface area (Å²) in [5, 5.41) is 18.9. The van der Waals surface area contributed by atoms with Crippen LogP contribution in [0.25, 0.3) is 22.0 Å². The molecular formula is C29H32ClN5O2. The molecule has 8 heteroatoms. The molecule has 1 aliphatic heterocycles. The van der Waals surface area contributed by atoms with Crippen LogP contribution >= 0.6 is 11.6 Å². The molecule has 37 heavy (non-hydrogen) atoms. The summed E-state index contributed by atoms with van der Waals surface area (Å²) in [5.41, 5.74) is 6.58. The van der Waals surface area contributed by atoms with Crippen LogP contribution < -0.4 is 16.0 Å². The molecule has 0 saturated carbocycles. The molecule has 5 rings (SSSR count). The van der Waals surface area contributed by atoms with E-state index in [1.54, 1.807) is 0 Å². The van der Waals surface area contributed by atoms with Crippen molar-refractivity contribution in [3.8, 4) is 11.1 Å². The van der Waals surface area contributed by atoms with Crippen LogP contribution in [0.3, 0.4) is 0 Å². The molecule has 1 aromatic heterocycles. The lowest BCUT2D eigenvalue weighted by Crippen LogP contribution is -2.29. The third-order valence-electron chi connectivity index (χ3n) is 6.66. The smallest absolute Gasteiger partial charge is 0.221 e. The Balaban J connectivity index is 0.990. The van der Waals surface area contributed by atoms with Crippen LogP contribution in [0.4, 0.5) is 5.69 Å². The van der Waals surface area contributed by atoms with Crippen molar-refractivity contribution < 1.29 is 9.53 Å². The number of hydrogen-bond donors (Lipinski definition) is 4. The van der Waals surface area contributed by atoms with Crippen molar-refractivity contribution in [3.05, 3.63) is 83.0 Å². The SMILES string of the molecule is O=C(CCNCc1ccc(-c2ccccc2)c(Cl)c1)NCCCNc1cc(C2COC2)cc2[nH]ncc12. The van der Waals surface area contributed by atoms with Gasteiger partial charge in [0.25, 0.3) is 0 Å². The summed E-state index contributed by atoms with van der Waals surface area (Å²) < 4.78 is 5.34. The van der Waals surface area contributed by atoms with Gasteiger partial charge in [0.05, 0.1) is 24.9 Å². The fraction of sp³-hybridized carbons (Fsp3) is 0.310. The summed E-state index contributed by atoms with van der Waals surface area (Å²) in [6.07, 6.45) is 3.12. The number of hydrogen-bond acceptors (Lipinski definition) is 5. The summed E-state index contributed by atoms with van der Waals surface area (Å²) in [5.74, 6) is 0.501. The Bertz CT molecular complexity index is 1340. The zero-order valence-electron chi connectivity index (χ0n) is 20.7. The van der Waals surface area contributed by atoms with Crippen LogP contribution in [-0.4, -0.2) is 49.0 Å². The Hall–Kier alpha value is -3.39. The summed E-state index contributed by atoms with van der Waals surface area (Å²) in [6, 6.07) is 20.6. The first-order valence-corrected chi connectivity index (χ1v) is 13.1. The van der Waals surface area contributed by atoms with E-state index < -0.39 is 0 Å². The minimum Gasteiger partial charge on any atom is -0.384 e. The molecule has 0 unspecified atom stereocenters. The molecule has 192 valence electrons. The molecule has 1 aliphatic rings. The van der Waals surface area contributed by atoms with E-state index in [-0.39, 0.29) is 5.91 Å². The number of benzene rings is 3. The maximum atomic E-state index is 12.2. The minimum atomic E-state index is 0.0502. The monoisotopic (exact) mass is 517 g/mol. The lowest BCUT2D eigenvalue weighted by atomic mass is 9.96. The summed E-state index contributed by atoms with van der Waals surface area (Å²) in [4.78, 5) is 12.2. The van der Waals surface area contributed by atoms with Crippen molar-refractivity contribution in [3.63, 3.8) is 0 Å². The number of fused-ring (bicyclic) bond motifs is 1. The number of rotatable bonds is 12. The number of halogens is 1. The third kappa shape index (κ3) is 6.49. The van der Waals surface area contributed by atoms with E-state index in [0.717, 1.165) is 64.5 Å². The van der Waals surface area contributed by atoms with Crippen molar-refractivity contribution in [1.29, 1.82) is 0 Å². The predicted molar refractivity (Wildman–Crippen MR) is 149 cm³/mol. The highest BCUT2D eigenvalue weighted by Gasteiger charge is 2.22. The molecule has 2 heterocycles. The van der Waals surface area contributed by atoms with E-state index in [9.17, 15) is 4.79 Å². The number of carbonyl (C=O) groups excluding carboxylic acids is 1. The van der Waals surface area contributed by atoms with Crippen LogP contribution in [0.1, 0.15) is 29.9 Å². The molecule has 0 atom stereocenters. The molecule has 1 amide bonds. The first-order valence-electron chi connectivity index (χ1n) is 12.8. The molecule has 4 N–H and O–H groups in total. The summed E-state index contributed by atoms with van der Waals surface area (Å²) in [7, 11) is 0. The van der Waals surface area contributed by atoms with Crippen LogP contribution in [0, 0.1) is 0 Å². The van der Waals surface area contributed by atoms with Crippen LogP contribution in [0.2, 0.25) is 5.02 Å². The Kier molecular flexibility index (Phi) is 8.35. The minimum absolute atomic E-state index is 0.0502. The number of nitrogens with one attached hydrogen (secondary N) is 4. The maximum absolute atomic E-state index is 12.2. The Morgan fingerprint density at radius 1 is 1.05 bits per heavy atom. The molecule has 4 aromatic rings. The van der Waals surface area contributed by atoms with Crippen molar-refractivity contribution >= 4 is 34.1 Å². The van der Waals surface area contributed by atoms with Gasteiger partial charge in [0.1, 0.15) is 0 Å². The zero-order chi connectivity index (χ0) is 25.5. The van der Waals surface area contributed by atoms with E-state index in [1.165, 1.54) is 5.56 Å². The van der Waals surface area contributed by atoms with Crippen molar-refractivity contribution in [2.24, 2.45) is 0 Å². The number of carbonyl (C=O) groups is 1. The summed E-state index contributed by atoms with van der Waals surface area (Å²) in [6.45, 7) is 4.22. The molecule has 7 nitrogen and oxygen atoms in total. The molecule has 1 saturated heterocycles. The number of anilines is 1. The third-order valence-corrected chi connectivity index (χ3v) is 6.97. The summed E-state index contributed by atoms with van der Waals surface area (Å²) >= 11 is 6.50. The van der Waals surface area contributed by atoms with Gasteiger partial charge in [0.15, 0.2) is 0 Å². The second kappa shape index (κ2) is 12.2. The van der Waals surface area contributed by atoms with Gasteiger partial charge in [-0.2, -0.15) is 5.10 Å². The molecule has 0 aliphatic carbocycles. The van der Waals surface area contributed by atoms with Gasteiger partial charge < -0.3 is 20.7 Å². The lowest BCUT2D eigenvalue weighted by Gasteiger charge is -2.27. The zero-order valence-corrected chi connectivity index (χ0v) is 21.5. The van der Waals surface area contributed by atoms with Crippen molar-refractivity contribution in [1.82, 2.24) is 20.8 Å². The number of ether oxygens (including phenoxy) is 1. The van der Waals surface area contributed by atoms with Gasteiger partial charge in [-0.05, 0) is 41.3 Å². The number of H-pyrrole nitrogens is 1. The fourth-order valence-electron chi connectivity index (χ4n) is 4.47. The van der Waals surface area contributed by atoms with E-state index in [4.69, 9.17) is 16.3 Å². The molecule has 1 fully saturated rings. The van der Waals surface area contributed by atoms with Crippen LogP contribution in [0.15, 0.2) is 66.9 Å². The van der Waals surface area contributed by atoms with Crippen molar-refractivity contribution in [2.45, 2.75) is 25.3 Å². The van der Waals surface area contributed by atoms with E-state index >= 15 is 0 Å². The average molecular weight is 518 g/mol. The Morgan fingerprint density at radius 3 is 2.70 bits per heavy atom. The topological polar surface area (TPSA) is 91.1 Å². The van der Waals surface area contributed by atoms with Gasteiger partial charge in [-0.25, -0.2) is 0 Å². The van der Waals surface area contributed by atoms with Crippen molar-refractivity contribution in [2.75, 3.05) is 38.2 Å². The molecular weight excluding hydrogens is 486 g/mol. The predicted octanol–water partition coefficient (Wildman–Crippen LogP) is 5.10. The fourth-order valence-corrected chi connectivity index (χ4v) is 4.78. The van der Waals surface area contributed by atoms with Crippen LogP contribution in [-0.2, 0) is 16.1 Å². The quantitative estimate of drug-likeness (QED) is 0.196. The van der Waals surface area contributed by atoms with E-state index in [1.807, 2.05) is 36.5 Å². The standard InChI is InChI=1S/C29H32ClN5O2/c30-26-13-20(7-8-24(26)21-5-2-1-3-6-21)16-31-12-9-29(36)33-11-4-10-32-27-14-22(23-18-37-19-23)15-28-25(27)17-34-35-28/h1-3,5-8,13-15,17,23,31-32H,4,9-12,16,18-19H2,(H,33,36)(H,34,35). The normalized spacial score (nSPS) is 13.4. The number of aromatic amines is 1. The van der Waals surface area contributed by atoms with E-state index in [2.05, 4.69) is 56.5 Å². The Labute approximate surface area is 221 Å². The highest BCUT2D eigenvalue weighted by molar-refractivity contribution is 6.33. The highest BCUT2D eigenvalue weighted by atomic mass is 35.5. The van der Waals surface area contributed by atoms with Gasteiger partial charge in [0.2, 0.25) is 5.91 Å². The van der Waals surface area contributed by atoms with Gasteiger partial charge in [-0.15, -0.1) is 0 Å². The number of nitrogens with zero attached hydrogens (tertiary/aromatic N) is 1. The van der Waals surface area contributed by atoms with Gasteiger partial charge in [-0.3, -0.25) is 9.89 Å². The molecule has 0 radical (unpaired) electrons. The molecule has 3 aromatic carbocycles. The first-order chi connectivity index (χ1) is 18.2. The first kappa shape index (κ1) is 25.3. The van der Waals surface area contributed by atoms with E-state index in [0.29, 0.717) is 32.0 Å². The largest absolute Gasteiger partial charge is 0.384 e. The second-order valence-electron chi connectivity index (χ2n) is 9.37. The van der Waals surface area contributed by atoms with Gasteiger partial charge in [0, 0.05) is 60.2 Å². The van der Waals surface area contributed by atoms with Gasteiger partial charge >= 0.3 is 0 Å². The average Bonchev–Trinajstić information content (AvgIpc) is 3.35. The Morgan fingerprint density at radius 2 is 1.92 bits per heavy atom.